The van der Waals surface area contributed by atoms with Crippen molar-refractivity contribution in [3.63, 3.8) is 0 Å². The number of nitrogen functional groups attached to an aromatic ring is 1. The fourth-order valence-corrected chi connectivity index (χ4v) is 1.42. The predicted molar refractivity (Wildman–Crippen MR) is 66.9 cm³/mol. The number of hydrogen-bond donors (Lipinski definition) is 1. The lowest BCUT2D eigenvalue weighted by molar-refractivity contribution is -0.159. The van der Waals surface area contributed by atoms with Crippen LogP contribution in [0.15, 0.2) is 24.3 Å². The Morgan fingerprint density at radius 3 is 2.67 bits per heavy atom. The number of carbonyl (C=O) groups excluding carboxylic acids is 2. The van der Waals surface area contributed by atoms with Gasteiger partial charge < -0.3 is 15.2 Å². The molecule has 5 heteroatoms. The number of nitrogens with two attached hydrogens (primary N) is 1. The van der Waals surface area contributed by atoms with Crippen LogP contribution in [0, 0.1) is 0 Å². The smallest absolute Gasteiger partial charge is 0.344 e. The van der Waals surface area contributed by atoms with E-state index in [1.807, 2.05) is 0 Å². The number of anilines is 1. The predicted octanol–water partition coefficient (Wildman–Crippen LogP) is 1.48. The van der Waals surface area contributed by atoms with Gasteiger partial charge in [0.15, 0.2) is 6.61 Å². The van der Waals surface area contributed by atoms with E-state index in [0.29, 0.717) is 5.69 Å². The lowest BCUT2D eigenvalue weighted by Gasteiger charge is -2.11. The standard InChI is InChI=1S/C13H17NO4/c1-3-17-12(15)8-18-13(16)9(2)10-5-4-6-11(14)7-10/h4-7,9H,3,8,14H2,1-2H3. The van der Waals surface area contributed by atoms with Crippen LogP contribution in [0.4, 0.5) is 5.69 Å². The van der Waals surface area contributed by atoms with Crippen LogP contribution >= 0.6 is 0 Å². The highest BCUT2D eigenvalue weighted by Gasteiger charge is 2.18. The van der Waals surface area contributed by atoms with Crippen molar-refractivity contribution >= 4 is 17.6 Å². The van der Waals surface area contributed by atoms with Gasteiger partial charge in [-0.2, -0.15) is 0 Å². The third-order valence-electron chi connectivity index (χ3n) is 2.40. The largest absolute Gasteiger partial charge is 0.463 e. The van der Waals surface area contributed by atoms with Gasteiger partial charge in [-0.3, -0.25) is 4.79 Å². The molecule has 1 aromatic rings. The van der Waals surface area contributed by atoms with Crippen LogP contribution in [0.1, 0.15) is 25.3 Å². The van der Waals surface area contributed by atoms with Gasteiger partial charge in [0.25, 0.3) is 0 Å². The Hall–Kier alpha value is -2.04. The maximum Gasteiger partial charge on any atom is 0.344 e. The lowest BCUT2D eigenvalue weighted by Crippen LogP contribution is -2.20. The van der Waals surface area contributed by atoms with E-state index in [0.717, 1.165) is 5.56 Å². The summed E-state index contributed by atoms with van der Waals surface area (Å²) in [5.41, 5.74) is 6.97. The summed E-state index contributed by atoms with van der Waals surface area (Å²) in [4.78, 5) is 22.7. The Morgan fingerprint density at radius 1 is 1.33 bits per heavy atom. The molecule has 0 aromatic heterocycles. The molecule has 1 atom stereocenters. The minimum absolute atomic E-state index is 0.265. The van der Waals surface area contributed by atoms with Gasteiger partial charge in [-0.15, -0.1) is 0 Å². The molecule has 18 heavy (non-hydrogen) atoms. The number of carbonyl (C=O) groups is 2. The second-order valence-corrected chi connectivity index (χ2v) is 3.80. The van der Waals surface area contributed by atoms with Crippen molar-refractivity contribution in [3.8, 4) is 0 Å². The molecule has 5 nitrogen and oxygen atoms in total. The first-order chi connectivity index (χ1) is 8.54. The highest BCUT2D eigenvalue weighted by atomic mass is 16.6. The monoisotopic (exact) mass is 251 g/mol. The molecule has 1 rings (SSSR count). The van der Waals surface area contributed by atoms with Crippen LogP contribution in [0.25, 0.3) is 0 Å². The maximum atomic E-state index is 11.7. The van der Waals surface area contributed by atoms with Crippen molar-refractivity contribution in [2.75, 3.05) is 18.9 Å². The first-order valence-electron chi connectivity index (χ1n) is 5.72. The second-order valence-electron chi connectivity index (χ2n) is 3.80. The molecule has 0 aliphatic heterocycles. The van der Waals surface area contributed by atoms with E-state index in [1.165, 1.54) is 0 Å². The summed E-state index contributed by atoms with van der Waals surface area (Å²) in [5, 5.41) is 0. The van der Waals surface area contributed by atoms with Crippen LogP contribution in [0.5, 0.6) is 0 Å². The maximum absolute atomic E-state index is 11.7. The molecular formula is C13H17NO4. The highest BCUT2D eigenvalue weighted by Crippen LogP contribution is 2.18. The number of rotatable bonds is 5. The van der Waals surface area contributed by atoms with Crippen molar-refractivity contribution in [1.82, 2.24) is 0 Å². The van der Waals surface area contributed by atoms with Crippen LogP contribution in [-0.4, -0.2) is 25.2 Å². The van der Waals surface area contributed by atoms with Gasteiger partial charge >= 0.3 is 11.9 Å². The number of benzene rings is 1. The summed E-state index contributed by atoms with van der Waals surface area (Å²) in [7, 11) is 0. The van der Waals surface area contributed by atoms with Crippen molar-refractivity contribution < 1.29 is 19.1 Å². The quantitative estimate of drug-likeness (QED) is 0.633. The van der Waals surface area contributed by atoms with Crippen LogP contribution in [-0.2, 0) is 19.1 Å². The zero-order valence-electron chi connectivity index (χ0n) is 10.5. The minimum Gasteiger partial charge on any atom is -0.463 e. The Balaban J connectivity index is 2.54. The average Bonchev–Trinajstić information content (AvgIpc) is 2.35. The van der Waals surface area contributed by atoms with Crippen molar-refractivity contribution in [2.45, 2.75) is 19.8 Å². The fraction of sp³-hybridized carbons (Fsp3) is 0.385. The topological polar surface area (TPSA) is 78.6 Å². The molecule has 0 fully saturated rings. The van der Waals surface area contributed by atoms with E-state index in [9.17, 15) is 9.59 Å². The Kier molecular flexibility index (Phi) is 5.17. The molecule has 0 amide bonds. The van der Waals surface area contributed by atoms with Gasteiger partial charge in [-0.05, 0) is 31.5 Å². The van der Waals surface area contributed by atoms with E-state index >= 15 is 0 Å². The summed E-state index contributed by atoms with van der Waals surface area (Å²) in [6, 6.07) is 6.99. The third kappa shape index (κ3) is 4.08. The summed E-state index contributed by atoms with van der Waals surface area (Å²) in [6.07, 6.45) is 0. The first-order valence-corrected chi connectivity index (χ1v) is 5.72. The Labute approximate surface area is 106 Å². The van der Waals surface area contributed by atoms with Crippen LogP contribution in [0.3, 0.4) is 0 Å². The third-order valence-corrected chi connectivity index (χ3v) is 2.40. The summed E-state index contributed by atoms with van der Waals surface area (Å²) < 4.78 is 9.52. The lowest BCUT2D eigenvalue weighted by atomic mass is 10.0. The molecule has 0 heterocycles. The molecule has 0 bridgehead atoms. The summed E-state index contributed by atoms with van der Waals surface area (Å²) >= 11 is 0. The first kappa shape index (κ1) is 14.0. The number of esters is 2. The molecule has 2 N–H and O–H groups in total. The highest BCUT2D eigenvalue weighted by molar-refractivity contribution is 5.81. The SMILES string of the molecule is CCOC(=O)COC(=O)C(C)c1cccc(N)c1. The molecule has 0 saturated carbocycles. The molecule has 98 valence electrons. The van der Waals surface area contributed by atoms with Crippen molar-refractivity contribution in [3.05, 3.63) is 29.8 Å². The van der Waals surface area contributed by atoms with Crippen LogP contribution < -0.4 is 5.73 Å². The normalized spacial score (nSPS) is 11.7. The molecule has 0 radical (unpaired) electrons. The fourth-order valence-electron chi connectivity index (χ4n) is 1.42. The van der Waals surface area contributed by atoms with Crippen molar-refractivity contribution in [2.24, 2.45) is 0 Å². The van der Waals surface area contributed by atoms with Gasteiger partial charge in [-0.25, -0.2) is 4.79 Å². The second kappa shape index (κ2) is 6.64. The van der Waals surface area contributed by atoms with Crippen LogP contribution in [0.2, 0.25) is 0 Å². The van der Waals surface area contributed by atoms with Gasteiger partial charge in [0.1, 0.15) is 0 Å². The molecule has 1 unspecified atom stereocenters. The van der Waals surface area contributed by atoms with E-state index in [1.54, 1.807) is 38.1 Å². The van der Waals surface area contributed by atoms with E-state index < -0.39 is 17.9 Å². The van der Waals surface area contributed by atoms with Gasteiger partial charge in [0.2, 0.25) is 0 Å². The number of ether oxygens (including phenoxy) is 2. The summed E-state index contributed by atoms with van der Waals surface area (Å²) in [5.74, 6) is -1.50. The van der Waals surface area contributed by atoms with Gasteiger partial charge in [0.05, 0.1) is 12.5 Å². The number of hydrogen-bond acceptors (Lipinski definition) is 5. The molecule has 0 saturated heterocycles. The molecule has 0 spiro atoms. The average molecular weight is 251 g/mol. The molecular weight excluding hydrogens is 234 g/mol. The summed E-state index contributed by atoms with van der Waals surface area (Å²) in [6.45, 7) is 3.29. The van der Waals surface area contributed by atoms with Gasteiger partial charge in [-0.1, -0.05) is 12.1 Å². The Bertz CT molecular complexity index is 431. The molecule has 0 aliphatic rings. The van der Waals surface area contributed by atoms with E-state index in [-0.39, 0.29) is 13.2 Å². The van der Waals surface area contributed by atoms with E-state index in [2.05, 4.69) is 4.74 Å². The van der Waals surface area contributed by atoms with Gasteiger partial charge in [0, 0.05) is 5.69 Å². The molecule has 1 aromatic carbocycles. The molecule has 0 aliphatic carbocycles. The minimum atomic E-state index is -0.550. The zero-order valence-corrected chi connectivity index (χ0v) is 10.5. The van der Waals surface area contributed by atoms with E-state index in [4.69, 9.17) is 10.5 Å². The van der Waals surface area contributed by atoms with Crippen molar-refractivity contribution in [1.29, 1.82) is 0 Å². The zero-order chi connectivity index (χ0) is 13.5. The Morgan fingerprint density at radius 2 is 2.06 bits per heavy atom.